The minimum absolute atomic E-state index is 0.242. The van der Waals surface area contributed by atoms with Gasteiger partial charge in [-0.15, -0.1) is 0 Å². The summed E-state index contributed by atoms with van der Waals surface area (Å²) in [7, 11) is 0. The number of anilines is 2. The van der Waals surface area contributed by atoms with E-state index in [4.69, 9.17) is 4.42 Å². The fourth-order valence-electron chi connectivity index (χ4n) is 3.91. The van der Waals surface area contributed by atoms with Gasteiger partial charge in [0.25, 0.3) is 5.91 Å². The number of allylic oxidation sites excluding steroid dienone is 2. The van der Waals surface area contributed by atoms with Gasteiger partial charge in [0.1, 0.15) is 0 Å². The fourth-order valence-corrected chi connectivity index (χ4v) is 3.91. The molecule has 8 heteroatoms. The summed E-state index contributed by atoms with van der Waals surface area (Å²) in [6, 6.07) is 5.39. The van der Waals surface area contributed by atoms with E-state index in [0.29, 0.717) is 17.3 Å². The van der Waals surface area contributed by atoms with Gasteiger partial charge in [-0.3, -0.25) is 9.78 Å². The normalized spacial score (nSPS) is 16.2. The lowest BCUT2D eigenvalue weighted by Gasteiger charge is -2.30. The number of furan rings is 1. The molecular formula is C22H24N6O2. The van der Waals surface area contributed by atoms with Crippen LogP contribution in [0, 0.1) is 0 Å². The van der Waals surface area contributed by atoms with Crippen molar-refractivity contribution in [3.8, 4) is 11.6 Å². The van der Waals surface area contributed by atoms with Crippen molar-refractivity contribution in [2.75, 3.05) is 36.4 Å². The number of aromatic amines is 1. The number of pyridine rings is 1. The van der Waals surface area contributed by atoms with Crippen molar-refractivity contribution in [2.45, 2.75) is 19.3 Å². The number of carbonyl (C=O) groups excluding carboxylic acids is 1. The van der Waals surface area contributed by atoms with E-state index in [2.05, 4.69) is 42.6 Å². The standard InChI is InChI=1S/C22H24N6O2/c29-22(27-17-14-24-9-8-18(17)28-12-10-23-11-13-28)20-7-6-19(30-20)21-25-15-4-2-1-3-5-16(15)26-21/h1-2,6-9,14,23H,3-5,10-13H2,(H,25,26)(H,27,29). The number of fused-ring (bicyclic) bond motifs is 1. The molecule has 0 atom stereocenters. The predicted molar refractivity (Wildman–Crippen MR) is 115 cm³/mol. The van der Waals surface area contributed by atoms with Crippen LogP contribution >= 0.6 is 0 Å². The largest absolute Gasteiger partial charge is 0.448 e. The van der Waals surface area contributed by atoms with Crippen molar-refractivity contribution in [3.63, 3.8) is 0 Å². The maximum atomic E-state index is 12.8. The van der Waals surface area contributed by atoms with Crippen molar-refractivity contribution in [1.29, 1.82) is 0 Å². The minimum Gasteiger partial charge on any atom is -0.448 e. The summed E-state index contributed by atoms with van der Waals surface area (Å²) in [6.45, 7) is 3.60. The van der Waals surface area contributed by atoms with Crippen molar-refractivity contribution >= 4 is 17.3 Å². The molecule has 1 amide bonds. The Morgan fingerprint density at radius 2 is 2.07 bits per heavy atom. The van der Waals surface area contributed by atoms with Crippen LogP contribution in [0.3, 0.4) is 0 Å². The third-order valence-corrected chi connectivity index (χ3v) is 5.47. The summed E-state index contributed by atoms with van der Waals surface area (Å²) in [5.41, 5.74) is 3.82. The van der Waals surface area contributed by atoms with Gasteiger partial charge in [0.05, 0.1) is 23.3 Å². The van der Waals surface area contributed by atoms with E-state index in [1.54, 1.807) is 24.5 Å². The molecule has 1 fully saturated rings. The number of aryl methyl sites for hydroxylation is 1. The zero-order chi connectivity index (χ0) is 20.3. The van der Waals surface area contributed by atoms with Crippen molar-refractivity contribution < 1.29 is 9.21 Å². The summed E-state index contributed by atoms with van der Waals surface area (Å²) in [4.78, 5) is 27.3. The molecule has 0 bridgehead atoms. The Hall–Kier alpha value is -3.39. The molecule has 0 unspecified atom stereocenters. The van der Waals surface area contributed by atoms with Crippen LogP contribution in [0.5, 0.6) is 0 Å². The fraction of sp³-hybridized carbons (Fsp3) is 0.318. The highest BCUT2D eigenvalue weighted by Gasteiger charge is 2.20. The first-order chi connectivity index (χ1) is 14.8. The van der Waals surface area contributed by atoms with E-state index < -0.39 is 0 Å². The highest BCUT2D eigenvalue weighted by Crippen LogP contribution is 2.27. The molecule has 2 aliphatic rings. The van der Waals surface area contributed by atoms with Crippen LogP contribution in [0.2, 0.25) is 0 Å². The molecule has 154 valence electrons. The zero-order valence-corrected chi connectivity index (χ0v) is 16.6. The molecule has 3 N–H and O–H groups in total. The number of hydrogen-bond donors (Lipinski definition) is 3. The van der Waals surface area contributed by atoms with Crippen LogP contribution < -0.4 is 15.5 Å². The van der Waals surface area contributed by atoms with Gasteiger partial charge in [-0.2, -0.15) is 0 Å². The second kappa shape index (κ2) is 8.16. The molecule has 3 aromatic rings. The Bertz CT molecular complexity index is 1080. The van der Waals surface area contributed by atoms with Crippen molar-refractivity contribution in [3.05, 3.63) is 59.9 Å². The molecule has 1 saturated heterocycles. The van der Waals surface area contributed by atoms with E-state index in [1.165, 1.54) is 0 Å². The van der Waals surface area contributed by atoms with Crippen LogP contribution in [0.15, 0.2) is 47.2 Å². The van der Waals surface area contributed by atoms with Gasteiger partial charge >= 0.3 is 0 Å². The molecule has 1 aliphatic carbocycles. The average Bonchev–Trinajstić information content (AvgIpc) is 3.37. The molecule has 0 saturated carbocycles. The molecule has 3 aromatic heterocycles. The number of H-pyrrole nitrogens is 1. The lowest BCUT2D eigenvalue weighted by atomic mass is 10.2. The average molecular weight is 404 g/mol. The Morgan fingerprint density at radius 3 is 2.97 bits per heavy atom. The molecule has 1 aliphatic heterocycles. The Balaban J connectivity index is 1.34. The third kappa shape index (κ3) is 3.73. The van der Waals surface area contributed by atoms with E-state index in [9.17, 15) is 4.79 Å². The number of carbonyl (C=O) groups is 1. The minimum atomic E-state index is -0.304. The van der Waals surface area contributed by atoms with E-state index in [1.807, 2.05) is 6.07 Å². The first kappa shape index (κ1) is 18.6. The predicted octanol–water partition coefficient (Wildman–Crippen LogP) is 2.77. The second-order valence-electron chi connectivity index (χ2n) is 7.47. The molecule has 30 heavy (non-hydrogen) atoms. The molecule has 4 heterocycles. The Morgan fingerprint density at radius 1 is 1.17 bits per heavy atom. The first-order valence-electron chi connectivity index (χ1n) is 10.3. The maximum Gasteiger partial charge on any atom is 0.291 e. The van der Waals surface area contributed by atoms with Gasteiger partial charge in [-0.1, -0.05) is 12.2 Å². The summed E-state index contributed by atoms with van der Waals surface area (Å²) >= 11 is 0. The molecular weight excluding hydrogens is 380 g/mol. The van der Waals surface area contributed by atoms with Crippen LogP contribution in [0.1, 0.15) is 28.4 Å². The second-order valence-corrected chi connectivity index (χ2v) is 7.47. The summed E-state index contributed by atoms with van der Waals surface area (Å²) in [5, 5.41) is 6.29. The van der Waals surface area contributed by atoms with Crippen molar-refractivity contribution in [1.82, 2.24) is 20.3 Å². The smallest absolute Gasteiger partial charge is 0.291 e. The molecule has 0 aromatic carbocycles. The number of imidazole rings is 1. The van der Waals surface area contributed by atoms with Crippen LogP contribution in [0.25, 0.3) is 11.6 Å². The summed E-state index contributed by atoms with van der Waals surface area (Å²) < 4.78 is 5.83. The molecule has 8 nitrogen and oxygen atoms in total. The SMILES string of the molecule is O=C(Nc1cnccc1N1CCNCC1)c1ccc(-c2nc3c([nH]2)CC=CCC3)o1. The third-order valence-electron chi connectivity index (χ3n) is 5.47. The van der Waals surface area contributed by atoms with Gasteiger partial charge in [0.15, 0.2) is 17.3 Å². The van der Waals surface area contributed by atoms with Crippen LogP contribution in [0.4, 0.5) is 11.4 Å². The van der Waals surface area contributed by atoms with Gasteiger partial charge in [-0.25, -0.2) is 4.98 Å². The Kier molecular flexibility index (Phi) is 5.06. The first-order valence-corrected chi connectivity index (χ1v) is 10.3. The molecule has 0 radical (unpaired) electrons. The maximum absolute atomic E-state index is 12.8. The van der Waals surface area contributed by atoms with E-state index in [0.717, 1.165) is 62.5 Å². The number of nitrogens with one attached hydrogen (secondary N) is 3. The summed E-state index contributed by atoms with van der Waals surface area (Å²) in [6.07, 6.45) is 10.5. The van der Waals surface area contributed by atoms with Crippen molar-refractivity contribution in [2.24, 2.45) is 0 Å². The Labute approximate surface area is 174 Å². The van der Waals surface area contributed by atoms with E-state index in [-0.39, 0.29) is 11.7 Å². The molecule has 5 rings (SSSR count). The number of rotatable bonds is 4. The highest BCUT2D eigenvalue weighted by molar-refractivity contribution is 6.04. The number of aromatic nitrogens is 3. The van der Waals surface area contributed by atoms with Gasteiger partial charge in [0.2, 0.25) is 0 Å². The number of nitrogens with zero attached hydrogens (tertiary/aromatic N) is 3. The lowest BCUT2D eigenvalue weighted by Crippen LogP contribution is -2.43. The van der Waals surface area contributed by atoms with E-state index >= 15 is 0 Å². The lowest BCUT2D eigenvalue weighted by molar-refractivity contribution is 0.0997. The monoisotopic (exact) mass is 404 g/mol. The zero-order valence-electron chi connectivity index (χ0n) is 16.6. The number of piperazine rings is 1. The van der Waals surface area contributed by atoms with Crippen LogP contribution in [-0.4, -0.2) is 47.0 Å². The topological polar surface area (TPSA) is 99.1 Å². The number of hydrogen-bond acceptors (Lipinski definition) is 6. The van der Waals surface area contributed by atoms with Crippen LogP contribution in [-0.2, 0) is 12.8 Å². The highest BCUT2D eigenvalue weighted by atomic mass is 16.4. The van der Waals surface area contributed by atoms with Gasteiger partial charge in [0, 0.05) is 44.5 Å². The summed E-state index contributed by atoms with van der Waals surface area (Å²) in [5.74, 6) is 1.16. The number of amides is 1. The quantitative estimate of drug-likeness (QED) is 0.579. The van der Waals surface area contributed by atoms with Gasteiger partial charge in [-0.05, 0) is 31.0 Å². The molecule has 0 spiro atoms. The van der Waals surface area contributed by atoms with Gasteiger partial charge < -0.3 is 24.9 Å².